The molecule has 0 aliphatic carbocycles. The van der Waals surface area contributed by atoms with Crippen LogP contribution in [0.15, 0.2) is 57.7 Å². The van der Waals surface area contributed by atoms with Crippen molar-refractivity contribution in [1.82, 2.24) is 14.9 Å². The van der Waals surface area contributed by atoms with E-state index in [9.17, 15) is 9.18 Å². The fraction of sp³-hybridized carbons (Fsp3) is 0.0500. The van der Waals surface area contributed by atoms with E-state index in [1.54, 1.807) is 30.5 Å². The van der Waals surface area contributed by atoms with Gasteiger partial charge in [0, 0.05) is 33.4 Å². The first-order chi connectivity index (χ1) is 14.8. The zero-order valence-electron chi connectivity index (χ0n) is 15.4. The first-order valence-electron chi connectivity index (χ1n) is 8.71. The third-order valence-electron chi connectivity index (χ3n) is 4.27. The molecule has 4 rings (SSSR count). The molecule has 6 nitrogen and oxygen atoms in total. The third kappa shape index (κ3) is 4.77. The molecule has 0 bridgehead atoms. The topological polar surface area (TPSA) is 73.0 Å². The van der Waals surface area contributed by atoms with Crippen LogP contribution in [0.25, 0.3) is 11.3 Å². The molecule has 0 aliphatic rings. The number of hydrogen-bond acceptors (Lipinski definition) is 4. The summed E-state index contributed by atoms with van der Waals surface area (Å²) in [7, 11) is 0. The van der Waals surface area contributed by atoms with Gasteiger partial charge in [0.05, 0.1) is 16.0 Å². The van der Waals surface area contributed by atoms with Crippen LogP contribution in [0.3, 0.4) is 0 Å². The first-order valence-corrected chi connectivity index (χ1v) is 10.6. The average molecular weight is 545 g/mol. The van der Waals surface area contributed by atoms with Gasteiger partial charge < -0.3 is 9.84 Å². The fourth-order valence-corrected chi connectivity index (χ4v) is 3.92. The molecule has 2 aromatic heterocycles. The van der Waals surface area contributed by atoms with Crippen molar-refractivity contribution in [2.75, 3.05) is 5.32 Å². The Labute approximate surface area is 199 Å². The van der Waals surface area contributed by atoms with Gasteiger partial charge in [-0.3, -0.25) is 9.48 Å². The smallest absolute Gasteiger partial charge is 0.279 e. The van der Waals surface area contributed by atoms with Gasteiger partial charge in [0.15, 0.2) is 17.3 Å². The lowest BCUT2D eigenvalue weighted by atomic mass is 10.1. The van der Waals surface area contributed by atoms with E-state index in [0.717, 1.165) is 0 Å². The van der Waals surface area contributed by atoms with Crippen LogP contribution in [0.4, 0.5) is 10.2 Å². The van der Waals surface area contributed by atoms with Crippen molar-refractivity contribution in [3.63, 3.8) is 0 Å². The van der Waals surface area contributed by atoms with Crippen molar-refractivity contribution in [2.24, 2.45) is 0 Å². The molecule has 1 amide bonds. The number of carbonyl (C=O) groups excluding carboxylic acids is 1. The number of nitrogens with zero attached hydrogens (tertiary/aromatic N) is 3. The Balaban J connectivity index is 1.51. The highest BCUT2D eigenvalue weighted by Crippen LogP contribution is 2.31. The number of amides is 1. The minimum atomic E-state index is -0.546. The van der Waals surface area contributed by atoms with Gasteiger partial charge in [0.2, 0.25) is 0 Å². The molecule has 11 heteroatoms. The molecular formula is C20H11BrCl3FN4O2. The number of halogens is 5. The largest absolute Gasteiger partial charge is 0.355 e. The van der Waals surface area contributed by atoms with E-state index in [1.807, 2.05) is 0 Å². The van der Waals surface area contributed by atoms with Gasteiger partial charge in [-0.2, -0.15) is 5.10 Å². The van der Waals surface area contributed by atoms with E-state index < -0.39 is 11.7 Å². The van der Waals surface area contributed by atoms with Crippen LogP contribution in [0, 0.1) is 5.82 Å². The molecule has 31 heavy (non-hydrogen) atoms. The van der Waals surface area contributed by atoms with Crippen LogP contribution >= 0.6 is 50.7 Å². The lowest BCUT2D eigenvalue weighted by molar-refractivity contribution is 0.101. The molecule has 2 heterocycles. The van der Waals surface area contributed by atoms with E-state index >= 15 is 0 Å². The van der Waals surface area contributed by atoms with Crippen molar-refractivity contribution in [3.05, 3.63) is 85.3 Å². The molecule has 2 aromatic carbocycles. The monoisotopic (exact) mass is 542 g/mol. The molecule has 0 atom stereocenters. The summed E-state index contributed by atoms with van der Waals surface area (Å²) in [4.78, 5) is 12.6. The van der Waals surface area contributed by atoms with Gasteiger partial charge in [0.25, 0.3) is 5.91 Å². The van der Waals surface area contributed by atoms with E-state index in [-0.39, 0.29) is 28.6 Å². The van der Waals surface area contributed by atoms with Crippen LogP contribution < -0.4 is 5.32 Å². The Morgan fingerprint density at radius 2 is 1.97 bits per heavy atom. The normalized spacial score (nSPS) is 11.0. The molecule has 0 unspecified atom stereocenters. The second-order valence-corrected chi connectivity index (χ2v) is 8.48. The quantitative estimate of drug-likeness (QED) is 0.304. The molecule has 1 N–H and O–H groups in total. The standard InChI is InChI=1S/C20H11BrCl3FN4O2/c21-13-9-29(8-12-14(23)2-1-3-16(12)25)27-19(13)26-20(30)17-7-18(31-28-17)11-5-4-10(22)6-15(11)24/h1-7,9H,8H2,(H,26,27,30). The molecule has 0 spiro atoms. The maximum Gasteiger partial charge on any atom is 0.279 e. The van der Waals surface area contributed by atoms with E-state index in [4.69, 9.17) is 39.3 Å². The highest BCUT2D eigenvalue weighted by Gasteiger charge is 2.19. The average Bonchev–Trinajstić information content (AvgIpc) is 3.32. The number of nitrogens with one attached hydrogen (secondary N) is 1. The van der Waals surface area contributed by atoms with Crippen molar-refractivity contribution >= 4 is 62.5 Å². The Morgan fingerprint density at radius 1 is 1.16 bits per heavy atom. The molecular weight excluding hydrogens is 534 g/mol. The predicted molar refractivity (Wildman–Crippen MR) is 120 cm³/mol. The van der Waals surface area contributed by atoms with Crippen LogP contribution in [0.5, 0.6) is 0 Å². The van der Waals surface area contributed by atoms with Gasteiger partial charge in [-0.25, -0.2) is 4.39 Å². The summed E-state index contributed by atoms with van der Waals surface area (Å²) in [5.74, 6) is -0.451. The molecule has 0 saturated carbocycles. The Hall–Kier alpha value is -2.39. The highest BCUT2D eigenvalue weighted by molar-refractivity contribution is 9.10. The lowest BCUT2D eigenvalue weighted by Crippen LogP contribution is -2.13. The minimum Gasteiger partial charge on any atom is -0.355 e. The molecule has 0 saturated heterocycles. The van der Waals surface area contributed by atoms with Crippen LogP contribution in [-0.4, -0.2) is 20.8 Å². The number of anilines is 1. The van der Waals surface area contributed by atoms with Crippen LogP contribution in [0.1, 0.15) is 16.1 Å². The van der Waals surface area contributed by atoms with Gasteiger partial charge in [-0.15, -0.1) is 0 Å². The van der Waals surface area contributed by atoms with E-state index in [2.05, 4.69) is 31.5 Å². The van der Waals surface area contributed by atoms with Crippen molar-refractivity contribution < 1.29 is 13.7 Å². The summed E-state index contributed by atoms with van der Waals surface area (Å²) in [6.07, 6.45) is 1.60. The van der Waals surface area contributed by atoms with E-state index in [1.165, 1.54) is 22.9 Å². The van der Waals surface area contributed by atoms with Gasteiger partial charge >= 0.3 is 0 Å². The zero-order chi connectivity index (χ0) is 22.1. The van der Waals surface area contributed by atoms with Crippen LogP contribution in [0.2, 0.25) is 15.1 Å². The van der Waals surface area contributed by atoms with E-state index in [0.29, 0.717) is 25.8 Å². The van der Waals surface area contributed by atoms with Crippen molar-refractivity contribution in [1.29, 1.82) is 0 Å². The Morgan fingerprint density at radius 3 is 2.71 bits per heavy atom. The number of carbonyl (C=O) groups is 1. The maximum absolute atomic E-state index is 14.0. The van der Waals surface area contributed by atoms with Crippen LogP contribution in [-0.2, 0) is 6.54 Å². The van der Waals surface area contributed by atoms with Crippen molar-refractivity contribution in [3.8, 4) is 11.3 Å². The fourth-order valence-electron chi connectivity index (χ4n) is 2.78. The second-order valence-electron chi connectivity index (χ2n) is 6.38. The molecule has 4 aromatic rings. The Bertz CT molecular complexity index is 1270. The number of aromatic nitrogens is 3. The van der Waals surface area contributed by atoms with Gasteiger partial charge in [0.1, 0.15) is 5.82 Å². The number of benzene rings is 2. The van der Waals surface area contributed by atoms with Gasteiger partial charge in [-0.05, 0) is 46.3 Å². The first kappa shape index (κ1) is 21.8. The lowest BCUT2D eigenvalue weighted by Gasteiger charge is -2.05. The summed E-state index contributed by atoms with van der Waals surface area (Å²) < 4.78 is 21.2. The molecule has 0 radical (unpaired) electrons. The van der Waals surface area contributed by atoms with Gasteiger partial charge in [-0.1, -0.05) is 46.0 Å². The third-order valence-corrected chi connectivity index (χ3v) is 5.75. The number of rotatable bonds is 5. The molecule has 158 valence electrons. The molecule has 0 fully saturated rings. The zero-order valence-corrected chi connectivity index (χ0v) is 19.2. The predicted octanol–water partition coefficient (Wildman–Crippen LogP) is 6.70. The second kappa shape index (κ2) is 9.00. The minimum absolute atomic E-state index is 0.0274. The SMILES string of the molecule is O=C(Nc1nn(Cc2c(F)cccc2Cl)cc1Br)c1cc(-c2ccc(Cl)cc2Cl)on1. The summed E-state index contributed by atoms with van der Waals surface area (Å²) in [5.41, 5.74) is 0.863. The Kier molecular flexibility index (Phi) is 6.34. The number of hydrogen-bond donors (Lipinski definition) is 1. The summed E-state index contributed by atoms with van der Waals surface area (Å²) >= 11 is 21.5. The summed E-state index contributed by atoms with van der Waals surface area (Å²) in [5, 5.41) is 11.8. The molecule has 0 aliphatic heterocycles. The highest BCUT2D eigenvalue weighted by atomic mass is 79.9. The van der Waals surface area contributed by atoms with Crippen molar-refractivity contribution in [2.45, 2.75) is 6.54 Å². The maximum atomic E-state index is 14.0. The summed E-state index contributed by atoms with van der Waals surface area (Å²) in [6.45, 7) is 0.0865. The summed E-state index contributed by atoms with van der Waals surface area (Å²) in [6, 6.07) is 10.8.